The van der Waals surface area contributed by atoms with Crippen LogP contribution in [0.2, 0.25) is 0 Å². The van der Waals surface area contributed by atoms with E-state index in [1.165, 1.54) is 12.1 Å². The Hall–Kier alpha value is -2.17. The smallest absolute Gasteiger partial charge is 0.220 e. The minimum absolute atomic E-state index is 0.0188. The molecule has 5 heteroatoms. The van der Waals surface area contributed by atoms with Gasteiger partial charge in [-0.15, -0.1) is 0 Å². The van der Waals surface area contributed by atoms with Gasteiger partial charge in [0.05, 0.1) is 6.54 Å². The summed E-state index contributed by atoms with van der Waals surface area (Å²) in [4.78, 5) is 17.7. The SMILES string of the molecule is CC(=O)N(Cc1nccn1Cc1cccc(F)c1)C(C)C. The summed E-state index contributed by atoms with van der Waals surface area (Å²) < 4.78 is 15.2. The Morgan fingerprint density at radius 1 is 1.43 bits per heavy atom. The molecule has 2 aromatic rings. The van der Waals surface area contributed by atoms with Gasteiger partial charge >= 0.3 is 0 Å². The largest absolute Gasteiger partial charge is 0.333 e. The molecule has 0 aliphatic heterocycles. The molecular formula is C16H20FN3O. The maximum absolute atomic E-state index is 13.2. The van der Waals surface area contributed by atoms with Crippen molar-refractivity contribution in [1.29, 1.82) is 0 Å². The van der Waals surface area contributed by atoms with Gasteiger partial charge in [0.25, 0.3) is 0 Å². The number of aromatic nitrogens is 2. The van der Waals surface area contributed by atoms with Crippen LogP contribution < -0.4 is 0 Å². The molecule has 0 aliphatic rings. The molecule has 0 unspecified atom stereocenters. The zero-order valence-corrected chi connectivity index (χ0v) is 12.6. The Kier molecular flexibility index (Phi) is 4.73. The highest BCUT2D eigenvalue weighted by molar-refractivity contribution is 5.73. The van der Waals surface area contributed by atoms with Crippen molar-refractivity contribution in [2.24, 2.45) is 0 Å². The summed E-state index contributed by atoms with van der Waals surface area (Å²) in [6.45, 7) is 6.49. The van der Waals surface area contributed by atoms with Crippen LogP contribution in [0.1, 0.15) is 32.2 Å². The van der Waals surface area contributed by atoms with E-state index in [1.807, 2.05) is 30.7 Å². The number of benzene rings is 1. The first-order chi connectivity index (χ1) is 9.97. The Morgan fingerprint density at radius 3 is 2.81 bits per heavy atom. The van der Waals surface area contributed by atoms with Gasteiger partial charge in [-0.05, 0) is 31.5 Å². The van der Waals surface area contributed by atoms with Crippen molar-refractivity contribution >= 4 is 5.91 Å². The van der Waals surface area contributed by atoms with Crippen molar-refractivity contribution in [3.8, 4) is 0 Å². The molecule has 0 radical (unpaired) electrons. The molecule has 1 aromatic carbocycles. The van der Waals surface area contributed by atoms with Crippen LogP contribution in [-0.4, -0.2) is 26.4 Å². The molecule has 0 fully saturated rings. The van der Waals surface area contributed by atoms with Gasteiger partial charge in [-0.1, -0.05) is 12.1 Å². The second-order valence-electron chi connectivity index (χ2n) is 5.34. The number of hydrogen-bond acceptors (Lipinski definition) is 2. The Labute approximate surface area is 124 Å². The average Bonchev–Trinajstić information content (AvgIpc) is 2.82. The van der Waals surface area contributed by atoms with E-state index in [1.54, 1.807) is 24.1 Å². The number of halogens is 1. The van der Waals surface area contributed by atoms with Gasteiger partial charge in [-0.3, -0.25) is 4.79 Å². The fraction of sp³-hybridized carbons (Fsp3) is 0.375. The fourth-order valence-corrected chi connectivity index (χ4v) is 2.28. The molecule has 0 N–H and O–H groups in total. The summed E-state index contributed by atoms with van der Waals surface area (Å²) in [7, 11) is 0. The molecule has 2 rings (SSSR count). The first-order valence-electron chi connectivity index (χ1n) is 6.99. The van der Waals surface area contributed by atoms with Crippen molar-refractivity contribution in [2.75, 3.05) is 0 Å². The number of imidazole rings is 1. The van der Waals surface area contributed by atoms with Crippen molar-refractivity contribution in [3.63, 3.8) is 0 Å². The third kappa shape index (κ3) is 3.90. The van der Waals surface area contributed by atoms with Crippen molar-refractivity contribution in [1.82, 2.24) is 14.5 Å². The molecule has 21 heavy (non-hydrogen) atoms. The highest BCUT2D eigenvalue weighted by Gasteiger charge is 2.16. The van der Waals surface area contributed by atoms with Gasteiger partial charge in [0.15, 0.2) is 0 Å². The van der Waals surface area contributed by atoms with E-state index in [0.717, 1.165) is 11.4 Å². The molecule has 0 aliphatic carbocycles. The molecular weight excluding hydrogens is 269 g/mol. The topological polar surface area (TPSA) is 38.1 Å². The van der Waals surface area contributed by atoms with E-state index in [0.29, 0.717) is 13.1 Å². The monoisotopic (exact) mass is 289 g/mol. The number of rotatable bonds is 5. The second kappa shape index (κ2) is 6.52. The predicted octanol–water partition coefficient (Wildman–Crippen LogP) is 2.83. The minimum atomic E-state index is -0.248. The molecule has 0 atom stereocenters. The van der Waals surface area contributed by atoms with Crippen LogP contribution in [0.3, 0.4) is 0 Å². The van der Waals surface area contributed by atoms with E-state index in [2.05, 4.69) is 4.98 Å². The summed E-state index contributed by atoms with van der Waals surface area (Å²) in [5.41, 5.74) is 0.869. The third-order valence-electron chi connectivity index (χ3n) is 3.38. The number of carbonyl (C=O) groups is 1. The van der Waals surface area contributed by atoms with Gasteiger partial charge in [-0.25, -0.2) is 9.37 Å². The molecule has 0 bridgehead atoms. The van der Waals surface area contributed by atoms with Gasteiger partial charge in [0, 0.05) is 31.9 Å². The van der Waals surface area contributed by atoms with Crippen LogP contribution in [0, 0.1) is 5.82 Å². The van der Waals surface area contributed by atoms with Crippen LogP contribution in [0.5, 0.6) is 0 Å². The molecule has 1 aromatic heterocycles. The highest BCUT2D eigenvalue weighted by Crippen LogP contribution is 2.11. The van der Waals surface area contributed by atoms with Crippen LogP contribution in [0.25, 0.3) is 0 Å². The van der Waals surface area contributed by atoms with Crippen LogP contribution in [0.15, 0.2) is 36.7 Å². The summed E-state index contributed by atoms with van der Waals surface area (Å²) in [6.07, 6.45) is 3.55. The molecule has 0 saturated carbocycles. The van der Waals surface area contributed by atoms with Crippen LogP contribution in [0.4, 0.5) is 4.39 Å². The molecule has 112 valence electrons. The van der Waals surface area contributed by atoms with Crippen molar-refractivity contribution in [2.45, 2.75) is 39.9 Å². The maximum atomic E-state index is 13.2. The molecule has 0 spiro atoms. The minimum Gasteiger partial charge on any atom is -0.333 e. The second-order valence-corrected chi connectivity index (χ2v) is 5.34. The van der Waals surface area contributed by atoms with E-state index in [-0.39, 0.29) is 17.8 Å². The van der Waals surface area contributed by atoms with Gasteiger partial charge in [0.1, 0.15) is 11.6 Å². The lowest BCUT2D eigenvalue weighted by atomic mass is 10.2. The molecule has 1 heterocycles. The quantitative estimate of drug-likeness (QED) is 0.849. The molecule has 1 amide bonds. The number of nitrogens with zero attached hydrogens (tertiary/aromatic N) is 3. The Balaban J connectivity index is 2.17. The van der Waals surface area contributed by atoms with Crippen molar-refractivity contribution in [3.05, 3.63) is 53.9 Å². The first kappa shape index (κ1) is 15.2. The van der Waals surface area contributed by atoms with E-state index < -0.39 is 0 Å². The Bertz CT molecular complexity index is 621. The van der Waals surface area contributed by atoms with Crippen molar-refractivity contribution < 1.29 is 9.18 Å². The first-order valence-corrected chi connectivity index (χ1v) is 6.99. The highest BCUT2D eigenvalue weighted by atomic mass is 19.1. The lowest BCUT2D eigenvalue weighted by Gasteiger charge is -2.25. The number of amides is 1. The summed E-state index contributed by atoms with van der Waals surface area (Å²) in [5, 5.41) is 0. The zero-order chi connectivity index (χ0) is 15.4. The van der Waals surface area contributed by atoms with E-state index in [9.17, 15) is 9.18 Å². The zero-order valence-electron chi connectivity index (χ0n) is 12.6. The fourth-order valence-electron chi connectivity index (χ4n) is 2.28. The van der Waals surface area contributed by atoms with Gasteiger partial charge in [0.2, 0.25) is 5.91 Å². The molecule has 4 nitrogen and oxygen atoms in total. The maximum Gasteiger partial charge on any atom is 0.220 e. The Morgan fingerprint density at radius 2 is 2.19 bits per heavy atom. The lowest BCUT2D eigenvalue weighted by molar-refractivity contribution is -0.131. The molecule has 0 saturated heterocycles. The lowest BCUT2D eigenvalue weighted by Crippen LogP contribution is -2.35. The summed E-state index contributed by atoms with van der Waals surface area (Å²) >= 11 is 0. The number of carbonyl (C=O) groups excluding carboxylic acids is 1. The van der Waals surface area contributed by atoms with Gasteiger partial charge < -0.3 is 9.47 Å². The van der Waals surface area contributed by atoms with Crippen LogP contribution in [-0.2, 0) is 17.9 Å². The van der Waals surface area contributed by atoms with Gasteiger partial charge in [-0.2, -0.15) is 0 Å². The summed E-state index contributed by atoms with van der Waals surface area (Å²) in [5.74, 6) is 0.565. The van der Waals surface area contributed by atoms with E-state index in [4.69, 9.17) is 0 Å². The van der Waals surface area contributed by atoms with E-state index >= 15 is 0 Å². The third-order valence-corrected chi connectivity index (χ3v) is 3.38. The average molecular weight is 289 g/mol. The van der Waals surface area contributed by atoms with Crippen LogP contribution >= 0.6 is 0 Å². The normalized spacial score (nSPS) is 10.9. The number of hydrogen-bond donors (Lipinski definition) is 0. The summed E-state index contributed by atoms with van der Waals surface area (Å²) in [6, 6.07) is 6.61. The predicted molar refractivity (Wildman–Crippen MR) is 79.1 cm³/mol. The standard InChI is InChI=1S/C16H20FN3O/c1-12(2)20(13(3)21)11-16-18-7-8-19(16)10-14-5-4-6-15(17)9-14/h4-9,12H,10-11H2,1-3H3.